The molecule has 0 aliphatic carbocycles. The van der Waals surface area contributed by atoms with E-state index in [9.17, 15) is 8.42 Å². The highest BCUT2D eigenvalue weighted by molar-refractivity contribution is 9.11. The van der Waals surface area contributed by atoms with Crippen molar-refractivity contribution < 1.29 is 8.42 Å². The van der Waals surface area contributed by atoms with E-state index in [2.05, 4.69) is 26.0 Å². The maximum Gasteiger partial charge on any atom is 0.250 e. The molecule has 19 heavy (non-hydrogen) atoms. The zero-order valence-electron chi connectivity index (χ0n) is 10.6. The Balaban J connectivity index is 0.00000180. The summed E-state index contributed by atoms with van der Waals surface area (Å²) < 4.78 is 28.3. The normalized spacial score (nSPS) is 21.7. The summed E-state index contributed by atoms with van der Waals surface area (Å²) in [5, 5.41) is 3.31. The molecule has 2 rings (SSSR count). The number of hydrogen-bond acceptors (Lipinski definition) is 4. The molecule has 0 aromatic carbocycles. The summed E-state index contributed by atoms with van der Waals surface area (Å²) in [7, 11) is -3.38. The molecule has 0 bridgehead atoms. The average Bonchev–Trinajstić information content (AvgIpc) is 2.77. The van der Waals surface area contributed by atoms with Gasteiger partial charge in [-0.1, -0.05) is 0 Å². The predicted octanol–water partition coefficient (Wildman–Crippen LogP) is 2.60. The maximum absolute atomic E-state index is 12.2. The van der Waals surface area contributed by atoms with Gasteiger partial charge in [0.1, 0.15) is 4.21 Å². The van der Waals surface area contributed by atoms with Crippen molar-refractivity contribution in [2.75, 3.05) is 13.1 Å². The Bertz CT molecular complexity index is 501. The van der Waals surface area contributed by atoms with Gasteiger partial charge in [0.25, 0.3) is 0 Å². The average molecular weight is 390 g/mol. The van der Waals surface area contributed by atoms with Crippen molar-refractivity contribution in [3.05, 3.63) is 15.9 Å². The van der Waals surface area contributed by atoms with Gasteiger partial charge in [-0.25, -0.2) is 13.1 Å². The fourth-order valence-corrected chi connectivity index (χ4v) is 5.49. The number of nitrogens with one attached hydrogen (secondary N) is 2. The molecule has 2 unspecified atom stereocenters. The second-order valence-electron chi connectivity index (χ2n) is 4.57. The lowest BCUT2D eigenvalue weighted by Crippen LogP contribution is -2.44. The molecule has 4 nitrogen and oxygen atoms in total. The smallest absolute Gasteiger partial charge is 0.250 e. The van der Waals surface area contributed by atoms with Gasteiger partial charge in [-0.2, -0.15) is 0 Å². The van der Waals surface area contributed by atoms with Crippen molar-refractivity contribution in [2.45, 2.75) is 30.0 Å². The van der Waals surface area contributed by atoms with Gasteiger partial charge >= 0.3 is 0 Å². The molecule has 8 heteroatoms. The van der Waals surface area contributed by atoms with Crippen LogP contribution in [0.25, 0.3) is 0 Å². The second kappa shape index (κ2) is 7.38. The van der Waals surface area contributed by atoms with E-state index in [1.807, 2.05) is 6.92 Å². The molecule has 1 saturated heterocycles. The highest BCUT2D eigenvalue weighted by Gasteiger charge is 2.25. The summed E-state index contributed by atoms with van der Waals surface area (Å²) in [6, 6.07) is 3.35. The predicted molar refractivity (Wildman–Crippen MR) is 84.6 cm³/mol. The van der Waals surface area contributed by atoms with Gasteiger partial charge in [0, 0.05) is 6.04 Å². The number of piperidine rings is 1. The van der Waals surface area contributed by atoms with E-state index >= 15 is 0 Å². The third-order valence-electron chi connectivity index (χ3n) is 3.20. The van der Waals surface area contributed by atoms with Gasteiger partial charge in [0.2, 0.25) is 10.0 Å². The van der Waals surface area contributed by atoms with Crippen LogP contribution < -0.4 is 10.0 Å². The molecule has 2 N–H and O–H groups in total. The van der Waals surface area contributed by atoms with E-state index in [0.717, 1.165) is 29.7 Å². The molecule has 0 saturated carbocycles. The number of halogens is 2. The Labute approximate surface area is 133 Å². The molecule has 0 spiro atoms. The van der Waals surface area contributed by atoms with Gasteiger partial charge < -0.3 is 5.32 Å². The Morgan fingerprint density at radius 3 is 2.79 bits per heavy atom. The minimum absolute atomic E-state index is 0. The van der Waals surface area contributed by atoms with Crippen LogP contribution in [-0.4, -0.2) is 27.5 Å². The Morgan fingerprint density at radius 2 is 2.26 bits per heavy atom. The largest absolute Gasteiger partial charge is 0.316 e. The summed E-state index contributed by atoms with van der Waals surface area (Å²) in [5.74, 6) is 0.372. The lowest BCUT2D eigenvalue weighted by Gasteiger charge is -2.28. The summed E-state index contributed by atoms with van der Waals surface area (Å²) in [6.07, 6.45) is 2.19. The van der Waals surface area contributed by atoms with Crippen LogP contribution in [0.5, 0.6) is 0 Å². The van der Waals surface area contributed by atoms with Gasteiger partial charge in [-0.05, 0) is 66.8 Å². The standard InChI is InChI=1S/C11H17BrN2O2S2.ClH/c1-8(9-3-2-6-13-7-9)14-18(15,16)11-5-4-10(12)17-11;/h4-5,8-9,13-14H,2-3,6-7H2,1H3;1H. The topological polar surface area (TPSA) is 58.2 Å². The third kappa shape index (κ3) is 4.68. The fraction of sp³-hybridized carbons (Fsp3) is 0.636. The van der Waals surface area contributed by atoms with Crippen LogP contribution in [0.2, 0.25) is 0 Å². The summed E-state index contributed by atoms with van der Waals surface area (Å²) in [4.78, 5) is 0. The number of rotatable bonds is 4. The first-order chi connectivity index (χ1) is 8.49. The zero-order valence-corrected chi connectivity index (χ0v) is 14.6. The molecule has 1 fully saturated rings. The van der Waals surface area contributed by atoms with E-state index in [1.54, 1.807) is 12.1 Å². The zero-order chi connectivity index (χ0) is 13.2. The van der Waals surface area contributed by atoms with Crippen LogP contribution in [0.15, 0.2) is 20.1 Å². The van der Waals surface area contributed by atoms with Crippen molar-refractivity contribution in [3.8, 4) is 0 Å². The molecule has 1 aromatic rings. The molecule has 1 aliphatic rings. The molecular weight excluding hydrogens is 372 g/mol. The van der Waals surface area contributed by atoms with Gasteiger partial charge in [0.05, 0.1) is 3.79 Å². The van der Waals surface area contributed by atoms with Crippen LogP contribution >= 0.6 is 39.7 Å². The van der Waals surface area contributed by atoms with E-state index in [1.165, 1.54) is 11.3 Å². The lowest BCUT2D eigenvalue weighted by atomic mass is 9.94. The second-order valence-corrected chi connectivity index (χ2v) is 8.98. The molecule has 1 aliphatic heterocycles. The van der Waals surface area contributed by atoms with Crippen LogP contribution in [0, 0.1) is 5.92 Å². The van der Waals surface area contributed by atoms with Gasteiger partial charge in [0.15, 0.2) is 0 Å². The highest BCUT2D eigenvalue weighted by atomic mass is 79.9. The van der Waals surface area contributed by atoms with Crippen LogP contribution in [0.1, 0.15) is 19.8 Å². The van der Waals surface area contributed by atoms with Crippen LogP contribution in [-0.2, 0) is 10.0 Å². The van der Waals surface area contributed by atoms with Crippen molar-refractivity contribution in [2.24, 2.45) is 5.92 Å². The third-order valence-corrected chi connectivity index (χ3v) is 6.87. The first-order valence-corrected chi connectivity index (χ1v) is 9.07. The Kier molecular flexibility index (Phi) is 6.75. The number of hydrogen-bond donors (Lipinski definition) is 2. The monoisotopic (exact) mass is 388 g/mol. The minimum Gasteiger partial charge on any atom is -0.316 e. The molecule has 0 amide bonds. The Morgan fingerprint density at radius 1 is 1.53 bits per heavy atom. The summed E-state index contributed by atoms with van der Waals surface area (Å²) >= 11 is 4.52. The fourth-order valence-electron chi connectivity index (χ4n) is 2.15. The molecule has 0 radical (unpaired) electrons. The van der Waals surface area contributed by atoms with Crippen molar-refractivity contribution in [3.63, 3.8) is 0 Å². The molecular formula is C11H18BrClN2O2S2. The van der Waals surface area contributed by atoms with E-state index < -0.39 is 10.0 Å². The summed E-state index contributed by atoms with van der Waals surface area (Å²) in [5.41, 5.74) is 0. The number of thiophene rings is 1. The molecule has 2 atom stereocenters. The van der Waals surface area contributed by atoms with E-state index in [-0.39, 0.29) is 18.4 Å². The SMILES string of the molecule is CC(NS(=O)(=O)c1ccc(Br)s1)C1CCCNC1.Cl. The minimum atomic E-state index is -3.38. The van der Waals surface area contributed by atoms with Crippen molar-refractivity contribution in [1.29, 1.82) is 0 Å². The maximum atomic E-state index is 12.2. The first-order valence-electron chi connectivity index (χ1n) is 5.97. The van der Waals surface area contributed by atoms with Gasteiger partial charge in [-0.3, -0.25) is 0 Å². The van der Waals surface area contributed by atoms with Crippen molar-refractivity contribution >= 4 is 49.7 Å². The highest BCUT2D eigenvalue weighted by Crippen LogP contribution is 2.26. The molecule has 1 aromatic heterocycles. The van der Waals surface area contributed by atoms with E-state index in [4.69, 9.17) is 0 Å². The molecule has 110 valence electrons. The molecule has 2 heterocycles. The quantitative estimate of drug-likeness (QED) is 0.832. The lowest BCUT2D eigenvalue weighted by molar-refractivity contribution is 0.320. The van der Waals surface area contributed by atoms with Crippen LogP contribution in [0.4, 0.5) is 0 Å². The van der Waals surface area contributed by atoms with Gasteiger partial charge in [-0.15, -0.1) is 23.7 Å². The van der Waals surface area contributed by atoms with Crippen LogP contribution in [0.3, 0.4) is 0 Å². The first kappa shape index (κ1) is 17.4. The summed E-state index contributed by atoms with van der Waals surface area (Å²) in [6.45, 7) is 3.86. The Hall–Kier alpha value is 0.340. The number of sulfonamides is 1. The van der Waals surface area contributed by atoms with E-state index in [0.29, 0.717) is 10.1 Å². The van der Waals surface area contributed by atoms with Crippen molar-refractivity contribution in [1.82, 2.24) is 10.0 Å².